The van der Waals surface area contributed by atoms with Crippen LogP contribution in [0.3, 0.4) is 0 Å². The van der Waals surface area contributed by atoms with Crippen LogP contribution in [-0.2, 0) is 28.6 Å². The summed E-state index contributed by atoms with van der Waals surface area (Å²) in [5, 5.41) is 68.4. The number of ether oxygens (including phenoxy) is 3. The lowest BCUT2D eigenvalue weighted by Crippen LogP contribution is -2.52. The maximum Gasteiger partial charge on any atom is 0.237 e. The molecule has 30 nitrogen and oxygen atoms in total. The average molecular weight is 1120 g/mol. The van der Waals surface area contributed by atoms with Crippen LogP contribution in [0.2, 0.25) is 0 Å². The third-order valence-electron chi connectivity index (χ3n) is 14.6. The van der Waals surface area contributed by atoms with E-state index in [0.717, 1.165) is 25.7 Å². The first-order chi connectivity index (χ1) is 38.3. The Bertz CT molecular complexity index is 3070. The second-order valence-corrected chi connectivity index (χ2v) is 20.8. The molecule has 0 bridgehead atoms. The fourth-order valence-corrected chi connectivity index (χ4v) is 9.93. The van der Waals surface area contributed by atoms with Crippen molar-refractivity contribution in [2.24, 2.45) is 29.0 Å². The number of anilines is 3. The van der Waals surface area contributed by atoms with E-state index in [1.54, 1.807) is 44.3 Å². The number of carbonyl (C=O) groups excluding carboxylic acids is 3. The van der Waals surface area contributed by atoms with E-state index in [1.807, 2.05) is 20.8 Å². The van der Waals surface area contributed by atoms with Crippen LogP contribution < -0.4 is 50.4 Å². The molecule has 3 aliphatic heterocycles. The van der Waals surface area contributed by atoms with Crippen molar-refractivity contribution in [2.75, 3.05) is 37.0 Å². The minimum absolute atomic E-state index is 0.178. The molecule has 0 radical (unpaired) electrons. The van der Waals surface area contributed by atoms with Crippen molar-refractivity contribution in [3.05, 3.63) is 55.8 Å². The number of nitrogens with one attached hydrogen (secondary N) is 3. The van der Waals surface area contributed by atoms with Gasteiger partial charge in [-0.2, -0.15) is 0 Å². The first kappa shape index (κ1) is 59.3. The summed E-state index contributed by atoms with van der Waals surface area (Å²) in [5.74, 6) is -0.688. The maximum absolute atomic E-state index is 12.5. The molecule has 1 aliphatic carbocycles. The zero-order valence-electron chi connectivity index (χ0n) is 44.5. The molecule has 30 heteroatoms. The highest BCUT2D eigenvalue weighted by Gasteiger charge is 2.49. The van der Waals surface area contributed by atoms with Crippen molar-refractivity contribution < 1.29 is 59.2 Å². The molecule has 4 fully saturated rings. The Morgan fingerprint density at radius 1 is 0.588 bits per heavy atom. The number of aliphatic hydroxyl groups excluding tert-OH is 6. The van der Waals surface area contributed by atoms with Crippen molar-refractivity contribution in [3.63, 3.8) is 0 Å². The quantitative estimate of drug-likeness (QED) is 0.0405. The molecule has 21 N–H and O–H groups in total. The van der Waals surface area contributed by atoms with E-state index in [1.165, 1.54) is 25.2 Å². The van der Waals surface area contributed by atoms with Gasteiger partial charge in [0.15, 0.2) is 35.6 Å². The summed E-state index contributed by atoms with van der Waals surface area (Å²) in [6, 6.07) is 0.440. The first-order valence-corrected chi connectivity index (χ1v) is 26.5. The van der Waals surface area contributed by atoms with E-state index in [0.29, 0.717) is 63.4 Å². The van der Waals surface area contributed by atoms with Crippen LogP contribution in [0.15, 0.2) is 55.8 Å². The Morgan fingerprint density at radius 3 is 1.26 bits per heavy atom. The monoisotopic (exact) mass is 1120 g/mol. The number of amides is 3. The van der Waals surface area contributed by atoms with E-state index in [4.69, 9.17) is 48.6 Å². The molecule has 4 aliphatic rings. The Morgan fingerprint density at radius 2 is 0.938 bits per heavy atom. The summed E-state index contributed by atoms with van der Waals surface area (Å²) in [6.45, 7) is 4.78. The zero-order chi connectivity index (χ0) is 57.7. The summed E-state index contributed by atoms with van der Waals surface area (Å²) in [7, 11) is 0. The lowest BCUT2D eigenvalue weighted by molar-refractivity contribution is -0.125. The summed E-state index contributed by atoms with van der Waals surface area (Å²) >= 11 is 0. The molecular formula is C50H74N18O12. The van der Waals surface area contributed by atoms with Crippen molar-refractivity contribution >= 4 is 68.3 Å². The number of nitrogens with two attached hydrogens (primary N) is 6. The molecule has 3 amide bonds. The van der Waals surface area contributed by atoms with E-state index in [9.17, 15) is 45.0 Å². The molecule has 10 rings (SSSR count). The van der Waals surface area contributed by atoms with E-state index in [-0.39, 0.29) is 30.3 Å². The van der Waals surface area contributed by atoms with Crippen molar-refractivity contribution in [2.45, 2.75) is 151 Å². The number of unbranched alkanes of at least 4 members (excludes halogenated alkanes) is 1. The van der Waals surface area contributed by atoms with Gasteiger partial charge in [0.2, 0.25) is 17.7 Å². The number of pyridine rings is 3. The number of carbonyl (C=O) groups is 3. The minimum atomic E-state index is -1.12. The SMILES string of the molecule is CC(C)CC(N)C(=O)N[C@H]1C(O)[C@@H](CO)O[C@H]1n1cnc2c(N)ccnc21.CCCCC(N)C(=O)N[C@H]1C(O)[C@@H](CO)O[C@H]1n1cnc2c(N)ccnc21.Nc1ccnc2c1ncn2[C@@H]1O[C@H](CO)C(O)[C@@H]1NC(=O)C(N)C1CC1. The summed E-state index contributed by atoms with van der Waals surface area (Å²) in [6.07, 6.45) is 5.45. The van der Waals surface area contributed by atoms with Crippen LogP contribution in [0.4, 0.5) is 17.1 Å². The lowest BCUT2D eigenvalue weighted by Gasteiger charge is -2.25. The number of aromatic nitrogens is 9. The largest absolute Gasteiger partial charge is 0.397 e. The summed E-state index contributed by atoms with van der Waals surface area (Å²) in [4.78, 5) is 62.9. The molecule has 0 aromatic carbocycles. The number of hydrogen-bond acceptors (Lipinski definition) is 24. The Hall–Kier alpha value is -6.81. The Balaban J connectivity index is 0.000000158. The fourth-order valence-electron chi connectivity index (χ4n) is 9.93. The van der Waals surface area contributed by atoms with Gasteiger partial charge < -0.3 is 95.2 Å². The number of rotatable bonds is 18. The second-order valence-electron chi connectivity index (χ2n) is 20.8. The molecule has 1 saturated carbocycles. The highest BCUT2D eigenvalue weighted by Crippen LogP contribution is 2.36. The van der Waals surface area contributed by atoms with Gasteiger partial charge in [0.25, 0.3) is 0 Å². The molecular weight excluding hydrogens is 1040 g/mol. The van der Waals surface area contributed by atoms with Crippen LogP contribution in [-0.4, -0.2) is 185 Å². The number of nitrogen functional groups attached to an aromatic ring is 3. The van der Waals surface area contributed by atoms with Gasteiger partial charge in [-0.15, -0.1) is 0 Å². The topological polar surface area (TPSA) is 485 Å². The van der Waals surface area contributed by atoms with E-state index in [2.05, 4.69) is 45.9 Å². The zero-order valence-corrected chi connectivity index (χ0v) is 44.5. The summed E-state index contributed by atoms with van der Waals surface area (Å²) < 4.78 is 22.1. The number of aliphatic hydroxyl groups is 6. The third kappa shape index (κ3) is 12.5. The molecule has 6 aromatic rings. The van der Waals surface area contributed by atoms with Crippen LogP contribution in [0.1, 0.15) is 78.0 Å². The summed E-state index contributed by atoms with van der Waals surface area (Å²) in [5.41, 5.74) is 39.8. The average Bonchev–Trinajstić information content (AvgIpc) is 3.92. The molecule has 6 unspecified atom stereocenters. The van der Waals surface area contributed by atoms with Gasteiger partial charge in [-0.05, 0) is 55.7 Å². The first-order valence-electron chi connectivity index (χ1n) is 26.5. The number of hydrogen-bond donors (Lipinski definition) is 15. The Labute approximate surface area is 458 Å². The predicted octanol–water partition coefficient (Wildman–Crippen LogP) is -3.13. The van der Waals surface area contributed by atoms with Crippen LogP contribution in [0.25, 0.3) is 33.5 Å². The normalized spacial score (nSPS) is 27.6. The molecule has 436 valence electrons. The van der Waals surface area contributed by atoms with Crippen LogP contribution >= 0.6 is 0 Å². The standard InChI is InChI=1S/2C17H26N6O4.C16H22N6O4/c1-8(2)5-10(19)16(26)22-13-14(25)11(6-24)27-17(13)23-7-21-12-9(18)3-4-20-15(12)23;1-2-3-4-10(19)16(26)22-13-14(25)11(7-24)27-17(13)23-8-21-12-9(18)5-6-20-15(12)23;17-8-3-4-19-14-11(8)20-6-22(14)16-12(13(24)9(5-23)26-16)21-15(25)10(18)7-1-2-7/h3-4,7-8,10-11,13-14,17,24-25H,5-6,19H2,1-2H3,(H2,18,20)(H,22,26);5-6,8,10-11,13-14,17,24-25H,2-4,7,19H2,1H3,(H2,18,20)(H,22,26);3-4,6-7,9-10,12-13,16,23-24H,1-2,5,18H2,(H2,17,19)(H,21,25)/t2*10?,11-,13+,14?,17-;9-,10?,12+,13?,16-/m111/s1. The van der Waals surface area contributed by atoms with Gasteiger partial charge in [-0.3, -0.25) is 28.1 Å². The van der Waals surface area contributed by atoms with Gasteiger partial charge in [0, 0.05) is 18.6 Å². The van der Waals surface area contributed by atoms with Crippen molar-refractivity contribution in [3.8, 4) is 0 Å². The highest BCUT2D eigenvalue weighted by atomic mass is 16.6. The van der Waals surface area contributed by atoms with Gasteiger partial charge >= 0.3 is 0 Å². The molecule has 6 aromatic heterocycles. The Kier molecular flexibility index (Phi) is 19.1. The van der Waals surface area contributed by atoms with Gasteiger partial charge in [0.05, 0.1) is 74.0 Å². The molecule has 3 saturated heterocycles. The van der Waals surface area contributed by atoms with Crippen LogP contribution in [0.5, 0.6) is 0 Å². The molecule has 80 heavy (non-hydrogen) atoms. The third-order valence-corrected chi connectivity index (χ3v) is 14.6. The van der Waals surface area contributed by atoms with Gasteiger partial charge in [0.1, 0.15) is 71.3 Å². The lowest BCUT2D eigenvalue weighted by atomic mass is 10.0. The van der Waals surface area contributed by atoms with Crippen molar-refractivity contribution in [1.82, 2.24) is 59.6 Å². The predicted molar refractivity (Wildman–Crippen MR) is 288 cm³/mol. The highest BCUT2D eigenvalue weighted by molar-refractivity contribution is 5.86. The molecule has 0 spiro atoms. The van der Waals surface area contributed by atoms with Crippen LogP contribution in [0, 0.1) is 11.8 Å². The second kappa shape index (κ2) is 25.8. The molecule has 9 heterocycles. The van der Waals surface area contributed by atoms with Crippen molar-refractivity contribution in [1.29, 1.82) is 0 Å². The number of fused-ring (bicyclic) bond motifs is 3. The number of nitrogens with zero attached hydrogens (tertiary/aromatic N) is 9. The van der Waals surface area contributed by atoms with E-state index < -0.39 is 111 Å². The number of imidazole rings is 3. The minimum Gasteiger partial charge on any atom is -0.397 e. The maximum atomic E-state index is 12.5. The van der Waals surface area contributed by atoms with Gasteiger partial charge in [-0.25, -0.2) is 29.9 Å². The molecule has 15 atom stereocenters. The van der Waals surface area contributed by atoms with Gasteiger partial charge in [-0.1, -0.05) is 33.6 Å². The van der Waals surface area contributed by atoms with E-state index >= 15 is 0 Å². The smallest absolute Gasteiger partial charge is 0.237 e. The fraction of sp³-hybridized carbons (Fsp3) is 0.580.